The smallest absolute Gasteiger partial charge is 0.200 e. The monoisotopic (exact) mass is 390 g/mol. The number of hydrogen-bond donors (Lipinski definition) is 0. The van der Waals surface area contributed by atoms with Crippen LogP contribution in [0.4, 0.5) is 22.0 Å². The van der Waals surface area contributed by atoms with Gasteiger partial charge in [0, 0.05) is 10.7 Å². The van der Waals surface area contributed by atoms with Gasteiger partial charge in [0.1, 0.15) is 5.75 Å². The molecule has 0 bridgehead atoms. The molecule has 0 amide bonds. The van der Waals surface area contributed by atoms with Crippen molar-refractivity contribution in [1.82, 2.24) is 0 Å². The third kappa shape index (κ3) is 3.71. The largest absolute Gasteiger partial charge is 0.496 e. The third-order valence-corrected chi connectivity index (χ3v) is 6.07. The van der Waals surface area contributed by atoms with Crippen molar-refractivity contribution in [3.63, 3.8) is 0 Å². The molecule has 2 atom stereocenters. The molecule has 0 N–H and O–H groups in total. The normalized spacial score (nSPS) is 14.0. The van der Waals surface area contributed by atoms with Gasteiger partial charge in [0.05, 0.1) is 12.4 Å². The van der Waals surface area contributed by atoms with Crippen molar-refractivity contribution in [3.05, 3.63) is 58.4 Å². The van der Waals surface area contributed by atoms with E-state index < -0.39 is 48.1 Å². The number of benzene rings is 2. The minimum atomic E-state index is -2.14. The van der Waals surface area contributed by atoms with Gasteiger partial charge in [-0.05, 0) is 19.4 Å². The molecule has 0 spiro atoms. The first-order valence-corrected chi connectivity index (χ1v) is 9.11. The fourth-order valence-electron chi connectivity index (χ4n) is 3.01. The molecule has 0 saturated heterocycles. The third-order valence-electron chi connectivity index (χ3n) is 4.31. The maximum absolute atomic E-state index is 14.2. The van der Waals surface area contributed by atoms with Crippen molar-refractivity contribution < 1.29 is 26.7 Å². The molecule has 0 fully saturated rings. The Morgan fingerprint density at radius 1 is 0.962 bits per heavy atom. The van der Waals surface area contributed by atoms with Crippen LogP contribution in [-0.2, 0) is 5.16 Å². The summed E-state index contributed by atoms with van der Waals surface area (Å²) >= 11 is 0. The van der Waals surface area contributed by atoms with Crippen LogP contribution in [0.3, 0.4) is 0 Å². The average Bonchev–Trinajstić information content (AvgIpc) is 2.62. The summed E-state index contributed by atoms with van der Waals surface area (Å²) in [6, 6.07) is 5.39. The standard InChI is InChI=1S/C19H20F5OP/c1-5-8-19(3,11-9-10(2)6-7-12(11)25-4)26-18-16(23)14(21)13(20)15(22)17(18)24/h6-7,9,26H,5,8H2,1-4H3. The zero-order chi connectivity index (χ0) is 19.6. The van der Waals surface area contributed by atoms with Crippen LogP contribution in [0.1, 0.15) is 37.8 Å². The molecule has 0 radical (unpaired) electrons. The zero-order valence-electron chi connectivity index (χ0n) is 14.9. The summed E-state index contributed by atoms with van der Waals surface area (Å²) in [4.78, 5) is 0. The molecular weight excluding hydrogens is 370 g/mol. The Morgan fingerprint density at radius 3 is 2.00 bits per heavy atom. The average molecular weight is 390 g/mol. The van der Waals surface area contributed by atoms with E-state index in [0.29, 0.717) is 24.2 Å². The second kappa shape index (κ2) is 7.91. The van der Waals surface area contributed by atoms with Gasteiger partial charge in [-0.1, -0.05) is 46.5 Å². The molecule has 2 aromatic rings. The van der Waals surface area contributed by atoms with Crippen LogP contribution in [0.2, 0.25) is 0 Å². The van der Waals surface area contributed by atoms with Gasteiger partial charge in [0.25, 0.3) is 0 Å². The van der Waals surface area contributed by atoms with E-state index in [1.807, 2.05) is 26.0 Å². The number of methoxy groups -OCH3 is 1. The minimum Gasteiger partial charge on any atom is -0.496 e. The SMILES string of the molecule is CCCC(C)(Pc1c(F)c(F)c(F)c(F)c1F)c1cc(C)ccc1OC. The molecule has 142 valence electrons. The number of ether oxygens (including phenoxy) is 1. The van der Waals surface area contributed by atoms with Crippen LogP contribution < -0.4 is 10.0 Å². The molecule has 2 unspecified atom stereocenters. The van der Waals surface area contributed by atoms with Crippen molar-refractivity contribution >= 4 is 13.9 Å². The number of aryl methyl sites for hydroxylation is 1. The van der Waals surface area contributed by atoms with Crippen molar-refractivity contribution in [3.8, 4) is 5.75 Å². The molecule has 1 nitrogen and oxygen atoms in total. The Hall–Kier alpha value is -1.68. The predicted octanol–water partition coefficient (Wildman–Crippen LogP) is 5.72. The highest BCUT2D eigenvalue weighted by Gasteiger charge is 2.35. The van der Waals surface area contributed by atoms with E-state index >= 15 is 0 Å². The Morgan fingerprint density at radius 2 is 1.50 bits per heavy atom. The summed E-state index contributed by atoms with van der Waals surface area (Å²) in [5.74, 6) is -8.99. The lowest BCUT2D eigenvalue weighted by Gasteiger charge is -2.32. The van der Waals surface area contributed by atoms with Crippen LogP contribution in [0, 0.1) is 36.0 Å². The zero-order valence-corrected chi connectivity index (χ0v) is 15.9. The van der Waals surface area contributed by atoms with Crippen molar-refractivity contribution in [2.45, 2.75) is 38.8 Å². The van der Waals surface area contributed by atoms with Crippen LogP contribution >= 0.6 is 8.58 Å². The van der Waals surface area contributed by atoms with Gasteiger partial charge in [-0.3, -0.25) is 0 Å². The van der Waals surface area contributed by atoms with Crippen molar-refractivity contribution in [1.29, 1.82) is 0 Å². The second-order valence-electron chi connectivity index (χ2n) is 6.36. The van der Waals surface area contributed by atoms with Gasteiger partial charge in [0.2, 0.25) is 5.82 Å². The van der Waals surface area contributed by atoms with E-state index in [1.54, 1.807) is 13.0 Å². The Kier molecular flexibility index (Phi) is 6.28. The molecule has 2 rings (SSSR count). The van der Waals surface area contributed by atoms with Gasteiger partial charge >= 0.3 is 0 Å². The van der Waals surface area contributed by atoms with Gasteiger partial charge in [-0.25, -0.2) is 22.0 Å². The number of halogens is 5. The predicted molar refractivity (Wildman–Crippen MR) is 94.2 cm³/mol. The highest BCUT2D eigenvalue weighted by atomic mass is 31.1. The van der Waals surface area contributed by atoms with Gasteiger partial charge in [-0.15, -0.1) is 0 Å². The molecule has 7 heteroatoms. The molecule has 26 heavy (non-hydrogen) atoms. The highest BCUT2D eigenvalue weighted by Crippen LogP contribution is 2.49. The Bertz CT molecular complexity index is 795. The summed E-state index contributed by atoms with van der Waals surface area (Å²) < 4.78 is 74.3. The summed E-state index contributed by atoms with van der Waals surface area (Å²) in [6.07, 6.45) is 1.15. The van der Waals surface area contributed by atoms with Crippen LogP contribution in [0.5, 0.6) is 5.75 Å². The van der Waals surface area contributed by atoms with Gasteiger partial charge in [0.15, 0.2) is 23.3 Å². The second-order valence-corrected chi connectivity index (χ2v) is 8.21. The maximum Gasteiger partial charge on any atom is 0.200 e. The first-order valence-electron chi connectivity index (χ1n) is 8.11. The molecule has 0 aliphatic heterocycles. The van der Waals surface area contributed by atoms with Crippen LogP contribution in [0.25, 0.3) is 0 Å². The summed E-state index contributed by atoms with van der Waals surface area (Å²) in [5.41, 5.74) is 1.59. The molecule has 0 heterocycles. The molecule has 0 aromatic heterocycles. The molecule has 0 aliphatic rings. The first kappa shape index (κ1) is 20.6. The minimum absolute atomic E-state index is 0.491. The Balaban J connectivity index is 2.65. The van der Waals surface area contributed by atoms with Crippen molar-refractivity contribution in [2.75, 3.05) is 7.11 Å². The quantitative estimate of drug-likeness (QED) is 0.265. The topological polar surface area (TPSA) is 9.23 Å². The first-order chi connectivity index (χ1) is 12.2. The van der Waals surface area contributed by atoms with Gasteiger partial charge in [-0.2, -0.15) is 0 Å². The van der Waals surface area contributed by atoms with E-state index in [2.05, 4.69) is 0 Å². The van der Waals surface area contributed by atoms with E-state index in [-0.39, 0.29) is 0 Å². The number of hydrogen-bond acceptors (Lipinski definition) is 1. The highest BCUT2D eigenvalue weighted by molar-refractivity contribution is 7.48. The summed E-state index contributed by atoms with van der Waals surface area (Å²) in [7, 11) is 0.813. The maximum atomic E-state index is 14.2. The number of rotatable bonds is 6. The van der Waals surface area contributed by atoms with Crippen LogP contribution in [-0.4, -0.2) is 7.11 Å². The molecular formula is C19H20F5OP. The van der Waals surface area contributed by atoms with E-state index in [0.717, 1.165) is 5.56 Å². The lowest BCUT2D eigenvalue weighted by molar-refractivity contribution is 0.384. The van der Waals surface area contributed by atoms with E-state index in [9.17, 15) is 22.0 Å². The molecule has 2 aromatic carbocycles. The molecule has 0 aliphatic carbocycles. The van der Waals surface area contributed by atoms with E-state index in [4.69, 9.17) is 4.74 Å². The van der Waals surface area contributed by atoms with E-state index in [1.165, 1.54) is 7.11 Å². The molecule has 0 saturated carbocycles. The lowest BCUT2D eigenvalue weighted by atomic mass is 9.93. The fourth-order valence-corrected chi connectivity index (χ4v) is 4.70. The van der Waals surface area contributed by atoms with Crippen molar-refractivity contribution in [2.24, 2.45) is 0 Å². The lowest BCUT2D eigenvalue weighted by Crippen LogP contribution is -2.25. The summed E-state index contributed by atoms with van der Waals surface area (Å²) in [6.45, 7) is 5.50. The summed E-state index contributed by atoms with van der Waals surface area (Å²) in [5, 5.41) is -1.62. The van der Waals surface area contributed by atoms with Gasteiger partial charge < -0.3 is 4.74 Å². The fraction of sp³-hybridized carbons (Fsp3) is 0.368. The van der Waals surface area contributed by atoms with Crippen LogP contribution in [0.15, 0.2) is 18.2 Å². The Labute approximate surface area is 151 Å².